The van der Waals surface area contributed by atoms with Gasteiger partial charge in [-0.1, -0.05) is 40.0 Å². The van der Waals surface area contributed by atoms with Crippen LogP contribution in [0.25, 0.3) is 0 Å². The molecule has 3 unspecified atom stereocenters. The van der Waals surface area contributed by atoms with Gasteiger partial charge >= 0.3 is 0 Å². The van der Waals surface area contributed by atoms with E-state index in [2.05, 4.69) is 26.1 Å². The zero-order valence-electron chi connectivity index (χ0n) is 9.97. The summed E-state index contributed by atoms with van der Waals surface area (Å²) in [6, 6.07) is 0.801. The fourth-order valence-electron chi connectivity index (χ4n) is 3.96. The Kier molecular flexibility index (Phi) is 2.88. The molecule has 3 atom stereocenters. The minimum absolute atomic E-state index is 0.561. The molecular weight excluding hydrogens is 170 g/mol. The maximum atomic E-state index is 3.70. The highest BCUT2D eigenvalue weighted by atomic mass is 15.0. The Morgan fingerprint density at radius 3 is 2.57 bits per heavy atom. The van der Waals surface area contributed by atoms with Gasteiger partial charge in [0.25, 0.3) is 0 Å². The van der Waals surface area contributed by atoms with Gasteiger partial charge in [0.05, 0.1) is 0 Å². The Morgan fingerprint density at radius 2 is 1.86 bits per heavy atom. The van der Waals surface area contributed by atoms with Crippen molar-refractivity contribution in [2.24, 2.45) is 17.3 Å². The van der Waals surface area contributed by atoms with Crippen molar-refractivity contribution in [2.75, 3.05) is 6.54 Å². The molecule has 2 aliphatic carbocycles. The van der Waals surface area contributed by atoms with E-state index in [1.165, 1.54) is 32.1 Å². The largest absolute Gasteiger partial charge is 0.313 e. The lowest BCUT2D eigenvalue weighted by molar-refractivity contribution is -0.0655. The summed E-state index contributed by atoms with van der Waals surface area (Å²) in [5, 5.41) is 3.70. The van der Waals surface area contributed by atoms with Crippen LogP contribution in [0.15, 0.2) is 0 Å². The number of rotatable bonds is 2. The van der Waals surface area contributed by atoms with Gasteiger partial charge in [-0.05, 0) is 36.6 Å². The van der Waals surface area contributed by atoms with Crippen LogP contribution >= 0.6 is 0 Å². The van der Waals surface area contributed by atoms with Crippen molar-refractivity contribution >= 4 is 0 Å². The van der Waals surface area contributed by atoms with Gasteiger partial charge in [-0.3, -0.25) is 0 Å². The van der Waals surface area contributed by atoms with Crippen molar-refractivity contribution in [1.82, 2.24) is 5.32 Å². The Hall–Kier alpha value is -0.0400. The molecule has 14 heavy (non-hydrogen) atoms. The standard InChI is InChI=1S/C13H25N/c1-4-14-12-10-8-6-5-7-9-11(10)13(12,2)3/h10-12,14H,4-9H2,1-3H3. The van der Waals surface area contributed by atoms with Gasteiger partial charge in [-0.25, -0.2) is 0 Å². The zero-order chi connectivity index (χ0) is 10.2. The molecule has 2 rings (SSSR count). The summed E-state index contributed by atoms with van der Waals surface area (Å²) in [5.74, 6) is 2.00. The predicted molar refractivity (Wildman–Crippen MR) is 61.3 cm³/mol. The van der Waals surface area contributed by atoms with E-state index in [1.807, 2.05) is 0 Å². The summed E-state index contributed by atoms with van der Waals surface area (Å²) < 4.78 is 0. The molecule has 0 saturated heterocycles. The van der Waals surface area contributed by atoms with Gasteiger partial charge in [-0.15, -0.1) is 0 Å². The third kappa shape index (κ3) is 1.50. The summed E-state index contributed by atoms with van der Waals surface area (Å²) in [7, 11) is 0. The van der Waals surface area contributed by atoms with Gasteiger partial charge in [0.1, 0.15) is 0 Å². The molecule has 0 aromatic heterocycles. The first kappa shape index (κ1) is 10.5. The van der Waals surface area contributed by atoms with Crippen LogP contribution in [0.2, 0.25) is 0 Å². The molecule has 0 radical (unpaired) electrons. The van der Waals surface area contributed by atoms with Crippen LogP contribution in [-0.2, 0) is 0 Å². The molecule has 0 aromatic carbocycles. The van der Waals surface area contributed by atoms with Gasteiger partial charge in [-0.2, -0.15) is 0 Å². The van der Waals surface area contributed by atoms with E-state index >= 15 is 0 Å². The Morgan fingerprint density at radius 1 is 1.14 bits per heavy atom. The van der Waals surface area contributed by atoms with Gasteiger partial charge in [0, 0.05) is 6.04 Å². The molecule has 2 fully saturated rings. The predicted octanol–water partition coefficient (Wildman–Crippen LogP) is 3.20. The third-order valence-corrected chi connectivity index (χ3v) is 4.68. The van der Waals surface area contributed by atoms with Crippen molar-refractivity contribution in [2.45, 2.75) is 58.9 Å². The van der Waals surface area contributed by atoms with Gasteiger partial charge in [0.2, 0.25) is 0 Å². The zero-order valence-corrected chi connectivity index (χ0v) is 9.97. The van der Waals surface area contributed by atoms with Crippen molar-refractivity contribution in [3.8, 4) is 0 Å². The fourth-order valence-corrected chi connectivity index (χ4v) is 3.96. The summed E-state index contributed by atoms with van der Waals surface area (Å²) in [6.45, 7) is 8.30. The SMILES string of the molecule is CCNC1C2CCCCCC2C1(C)C. The van der Waals surface area contributed by atoms with Crippen LogP contribution in [-0.4, -0.2) is 12.6 Å². The highest BCUT2D eigenvalue weighted by Crippen LogP contribution is 2.56. The molecule has 0 heterocycles. The molecule has 0 aromatic rings. The maximum Gasteiger partial charge on any atom is 0.0152 e. The van der Waals surface area contributed by atoms with Gasteiger partial charge < -0.3 is 5.32 Å². The number of fused-ring (bicyclic) bond motifs is 1. The van der Waals surface area contributed by atoms with Crippen molar-refractivity contribution in [3.63, 3.8) is 0 Å². The maximum absolute atomic E-state index is 3.70. The second-order valence-corrected chi connectivity index (χ2v) is 5.77. The number of nitrogens with one attached hydrogen (secondary N) is 1. The molecule has 0 amide bonds. The Labute approximate surface area is 88.7 Å². The van der Waals surface area contributed by atoms with Crippen LogP contribution in [0.3, 0.4) is 0 Å². The molecule has 1 N–H and O–H groups in total. The van der Waals surface area contributed by atoms with Crippen molar-refractivity contribution in [1.29, 1.82) is 0 Å². The average Bonchev–Trinajstić information content (AvgIpc) is 2.37. The molecule has 0 aliphatic heterocycles. The van der Waals surface area contributed by atoms with E-state index in [9.17, 15) is 0 Å². The van der Waals surface area contributed by atoms with E-state index in [-0.39, 0.29) is 0 Å². The van der Waals surface area contributed by atoms with Crippen LogP contribution in [0, 0.1) is 17.3 Å². The Balaban J connectivity index is 2.05. The second-order valence-electron chi connectivity index (χ2n) is 5.77. The first-order valence-corrected chi connectivity index (χ1v) is 6.41. The van der Waals surface area contributed by atoms with Gasteiger partial charge in [0.15, 0.2) is 0 Å². The smallest absolute Gasteiger partial charge is 0.0152 e. The van der Waals surface area contributed by atoms with Crippen LogP contribution in [0.4, 0.5) is 0 Å². The van der Waals surface area contributed by atoms with E-state index < -0.39 is 0 Å². The third-order valence-electron chi connectivity index (χ3n) is 4.68. The summed E-state index contributed by atoms with van der Waals surface area (Å²) in [5.41, 5.74) is 0.561. The van der Waals surface area contributed by atoms with Crippen LogP contribution in [0.5, 0.6) is 0 Å². The molecule has 2 aliphatic rings. The highest BCUT2D eigenvalue weighted by Gasteiger charge is 2.54. The van der Waals surface area contributed by atoms with Crippen molar-refractivity contribution in [3.05, 3.63) is 0 Å². The molecule has 0 spiro atoms. The first-order valence-electron chi connectivity index (χ1n) is 6.41. The lowest BCUT2D eigenvalue weighted by atomic mass is 9.50. The number of hydrogen-bond donors (Lipinski definition) is 1. The average molecular weight is 195 g/mol. The summed E-state index contributed by atoms with van der Waals surface area (Å²) in [6.07, 6.45) is 7.38. The van der Waals surface area contributed by atoms with Crippen molar-refractivity contribution < 1.29 is 0 Å². The minimum Gasteiger partial charge on any atom is -0.313 e. The van der Waals surface area contributed by atoms with E-state index in [4.69, 9.17) is 0 Å². The Bertz CT molecular complexity index is 197. The highest BCUT2D eigenvalue weighted by molar-refractivity contribution is 5.07. The fraction of sp³-hybridized carbons (Fsp3) is 1.00. The first-order chi connectivity index (χ1) is 6.68. The molecule has 82 valence electrons. The summed E-state index contributed by atoms with van der Waals surface area (Å²) in [4.78, 5) is 0. The number of hydrogen-bond acceptors (Lipinski definition) is 1. The van der Waals surface area contributed by atoms with E-state index in [0.717, 1.165) is 24.4 Å². The molecule has 1 nitrogen and oxygen atoms in total. The molecule has 1 heteroatoms. The lowest BCUT2D eigenvalue weighted by Gasteiger charge is -2.59. The normalized spacial score (nSPS) is 40.9. The van der Waals surface area contributed by atoms with E-state index in [0.29, 0.717) is 5.41 Å². The molecule has 0 bridgehead atoms. The quantitative estimate of drug-likeness (QED) is 0.713. The molecular formula is C13H25N. The van der Waals surface area contributed by atoms with Crippen LogP contribution in [0.1, 0.15) is 52.9 Å². The van der Waals surface area contributed by atoms with E-state index in [1.54, 1.807) is 0 Å². The minimum atomic E-state index is 0.561. The monoisotopic (exact) mass is 195 g/mol. The lowest BCUT2D eigenvalue weighted by Crippen LogP contribution is -2.63. The molecule has 2 saturated carbocycles. The second kappa shape index (κ2) is 3.84. The van der Waals surface area contributed by atoms with Crippen LogP contribution < -0.4 is 5.32 Å². The topological polar surface area (TPSA) is 12.0 Å². The summed E-state index contributed by atoms with van der Waals surface area (Å²) >= 11 is 0.